The topological polar surface area (TPSA) is 107 Å². The molecule has 2 rings (SSSR count). The zero-order valence-electron chi connectivity index (χ0n) is 14.4. The third-order valence-electron chi connectivity index (χ3n) is 3.82. The first-order valence-electron chi connectivity index (χ1n) is 7.61. The molecule has 0 fully saturated rings. The quantitative estimate of drug-likeness (QED) is 0.533. The highest BCUT2D eigenvalue weighted by molar-refractivity contribution is 8.14. The van der Waals surface area contributed by atoms with Crippen LogP contribution in [0.25, 0.3) is 0 Å². The van der Waals surface area contributed by atoms with Crippen LogP contribution in [-0.4, -0.2) is 59.3 Å². The minimum Gasteiger partial charge on any atom is -0.468 e. The standard InChI is InChI=1S/C17H17NO7S/c1-9(19)26-13(17(23)25-3)8-12(16(22)24-2)18-14(20)10-6-4-5-7-11(10)15(18)21/h4-7,12-13H,8H2,1-3H3/t12-,13-/m0/s1. The van der Waals surface area contributed by atoms with Crippen LogP contribution < -0.4 is 0 Å². The van der Waals surface area contributed by atoms with Crippen LogP contribution in [0.3, 0.4) is 0 Å². The molecule has 1 aromatic rings. The Bertz CT molecular complexity index is 741. The molecule has 2 amide bonds. The molecule has 1 heterocycles. The third-order valence-corrected chi connectivity index (χ3v) is 4.82. The fraction of sp³-hybridized carbons (Fsp3) is 0.353. The number of esters is 2. The number of imide groups is 1. The molecule has 0 bridgehead atoms. The lowest BCUT2D eigenvalue weighted by molar-refractivity contribution is -0.146. The van der Waals surface area contributed by atoms with Gasteiger partial charge < -0.3 is 9.47 Å². The second-order valence-corrected chi connectivity index (χ2v) is 6.80. The predicted molar refractivity (Wildman–Crippen MR) is 91.4 cm³/mol. The summed E-state index contributed by atoms with van der Waals surface area (Å²) in [4.78, 5) is 61.6. The maximum atomic E-state index is 12.6. The molecule has 0 spiro atoms. The molecular formula is C17H17NO7S. The molecule has 8 nitrogen and oxygen atoms in total. The highest BCUT2D eigenvalue weighted by Crippen LogP contribution is 2.29. The fourth-order valence-electron chi connectivity index (χ4n) is 2.66. The Morgan fingerprint density at radius 3 is 1.92 bits per heavy atom. The summed E-state index contributed by atoms with van der Waals surface area (Å²) in [5.74, 6) is -2.91. The lowest BCUT2D eigenvalue weighted by Crippen LogP contribution is -2.47. The van der Waals surface area contributed by atoms with Gasteiger partial charge in [0.05, 0.1) is 25.3 Å². The van der Waals surface area contributed by atoms with Crippen LogP contribution in [0.4, 0.5) is 0 Å². The van der Waals surface area contributed by atoms with Crippen LogP contribution in [0.2, 0.25) is 0 Å². The van der Waals surface area contributed by atoms with E-state index in [1.165, 1.54) is 19.1 Å². The van der Waals surface area contributed by atoms with Gasteiger partial charge in [-0.15, -0.1) is 0 Å². The van der Waals surface area contributed by atoms with E-state index in [1.54, 1.807) is 12.1 Å². The summed E-state index contributed by atoms with van der Waals surface area (Å²) in [7, 11) is 2.25. The number of thioether (sulfide) groups is 1. The number of carbonyl (C=O) groups is 5. The number of ether oxygens (including phenoxy) is 2. The van der Waals surface area contributed by atoms with E-state index in [2.05, 4.69) is 4.74 Å². The molecule has 26 heavy (non-hydrogen) atoms. The van der Waals surface area contributed by atoms with E-state index in [4.69, 9.17) is 4.74 Å². The minimum absolute atomic E-state index is 0.167. The van der Waals surface area contributed by atoms with Crippen molar-refractivity contribution >= 4 is 40.6 Å². The Kier molecular flexibility index (Phi) is 6.14. The van der Waals surface area contributed by atoms with Crippen molar-refractivity contribution in [2.24, 2.45) is 0 Å². The lowest BCUT2D eigenvalue weighted by Gasteiger charge is -2.26. The SMILES string of the molecule is COC(=O)[C@H](C[C@@H](C(=O)OC)N1C(=O)c2ccccc2C1=O)SC(C)=O. The summed E-state index contributed by atoms with van der Waals surface area (Å²) in [6.45, 7) is 1.26. The Balaban J connectivity index is 2.38. The molecule has 2 atom stereocenters. The molecule has 0 saturated carbocycles. The fourth-order valence-corrected chi connectivity index (χ4v) is 3.53. The second-order valence-electron chi connectivity index (χ2n) is 5.42. The van der Waals surface area contributed by atoms with Gasteiger partial charge in [0.2, 0.25) is 0 Å². The maximum Gasteiger partial charge on any atom is 0.329 e. The number of benzene rings is 1. The zero-order valence-corrected chi connectivity index (χ0v) is 15.2. The highest BCUT2D eigenvalue weighted by Gasteiger charge is 2.45. The van der Waals surface area contributed by atoms with Gasteiger partial charge in [-0.2, -0.15) is 0 Å². The molecule has 9 heteroatoms. The van der Waals surface area contributed by atoms with E-state index in [9.17, 15) is 24.0 Å². The van der Waals surface area contributed by atoms with Gasteiger partial charge in [0.25, 0.3) is 11.8 Å². The van der Waals surface area contributed by atoms with Crippen molar-refractivity contribution in [3.05, 3.63) is 35.4 Å². The number of methoxy groups -OCH3 is 2. The Morgan fingerprint density at radius 1 is 1.00 bits per heavy atom. The molecule has 1 aliphatic rings. The summed E-state index contributed by atoms with van der Waals surface area (Å²) in [5, 5.41) is -1.43. The van der Waals surface area contributed by atoms with E-state index in [-0.39, 0.29) is 22.7 Å². The Hall–Kier alpha value is -2.68. The zero-order chi connectivity index (χ0) is 19.4. The average molecular weight is 379 g/mol. The van der Waals surface area contributed by atoms with E-state index in [1.807, 2.05) is 0 Å². The molecule has 0 radical (unpaired) electrons. The molecular weight excluding hydrogens is 362 g/mol. The van der Waals surface area contributed by atoms with Crippen molar-refractivity contribution in [2.75, 3.05) is 14.2 Å². The molecule has 0 saturated heterocycles. The number of fused-ring (bicyclic) bond motifs is 1. The predicted octanol–water partition coefficient (Wildman–Crippen LogP) is 1.04. The summed E-state index contributed by atoms with van der Waals surface area (Å²) >= 11 is 0.663. The molecule has 138 valence electrons. The van der Waals surface area contributed by atoms with Crippen LogP contribution in [0, 0.1) is 0 Å². The molecule has 0 N–H and O–H groups in total. The van der Waals surface area contributed by atoms with Crippen molar-refractivity contribution in [3.8, 4) is 0 Å². The number of hydrogen-bond donors (Lipinski definition) is 0. The highest BCUT2D eigenvalue weighted by atomic mass is 32.2. The monoisotopic (exact) mass is 379 g/mol. The van der Waals surface area contributed by atoms with Crippen LogP contribution >= 0.6 is 11.8 Å². The second kappa shape index (κ2) is 8.13. The van der Waals surface area contributed by atoms with Gasteiger partial charge >= 0.3 is 11.9 Å². The minimum atomic E-state index is -1.36. The molecule has 0 unspecified atom stereocenters. The summed E-state index contributed by atoms with van der Waals surface area (Å²) in [6, 6.07) is 4.80. The number of carbonyl (C=O) groups excluding carboxylic acids is 5. The number of hydrogen-bond acceptors (Lipinski definition) is 8. The average Bonchev–Trinajstić information content (AvgIpc) is 2.88. The van der Waals surface area contributed by atoms with E-state index < -0.39 is 35.0 Å². The van der Waals surface area contributed by atoms with Gasteiger partial charge in [-0.3, -0.25) is 24.1 Å². The van der Waals surface area contributed by atoms with Crippen molar-refractivity contribution in [1.29, 1.82) is 0 Å². The maximum absolute atomic E-state index is 12.6. The Labute approximate surface area is 153 Å². The van der Waals surface area contributed by atoms with Gasteiger partial charge in [-0.05, 0) is 12.1 Å². The number of nitrogens with zero attached hydrogens (tertiary/aromatic N) is 1. The summed E-state index contributed by atoms with van der Waals surface area (Å²) in [6.07, 6.45) is -0.297. The molecule has 0 aromatic heterocycles. The third kappa shape index (κ3) is 3.77. The van der Waals surface area contributed by atoms with Crippen molar-refractivity contribution < 1.29 is 33.4 Å². The normalized spacial score (nSPS) is 15.3. The van der Waals surface area contributed by atoms with Gasteiger partial charge in [-0.25, -0.2) is 4.79 Å². The molecule has 1 aliphatic heterocycles. The van der Waals surface area contributed by atoms with E-state index >= 15 is 0 Å². The van der Waals surface area contributed by atoms with E-state index in [0.29, 0.717) is 11.8 Å². The van der Waals surface area contributed by atoms with Crippen LogP contribution in [-0.2, 0) is 23.9 Å². The van der Waals surface area contributed by atoms with Crippen LogP contribution in [0.5, 0.6) is 0 Å². The van der Waals surface area contributed by atoms with Crippen LogP contribution in [0.15, 0.2) is 24.3 Å². The van der Waals surface area contributed by atoms with Gasteiger partial charge in [0.15, 0.2) is 5.12 Å². The first kappa shape index (κ1) is 19.6. The Morgan fingerprint density at radius 2 is 1.50 bits per heavy atom. The first-order chi connectivity index (χ1) is 12.3. The van der Waals surface area contributed by atoms with E-state index in [0.717, 1.165) is 19.1 Å². The number of amides is 2. The van der Waals surface area contributed by atoms with Crippen molar-refractivity contribution in [1.82, 2.24) is 4.90 Å². The lowest BCUT2D eigenvalue weighted by atomic mass is 10.1. The van der Waals surface area contributed by atoms with Crippen molar-refractivity contribution in [2.45, 2.75) is 24.6 Å². The molecule has 0 aliphatic carbocycles. The molecule has 1 aromatic carbocycles. The summed E-state index contributed by atoms with van der Waals surface area (Å²) in [5.41, 5.74) is 0.334. The van der Waals surface area contributed by atoms with Gasteiger partial charge in [0.1, 0.15) is 11.3 Å². The van der Waals surface area contributed by atoms with Gasteiger partial charge in [0, 0.05) is 13.3 Å². The first-order valence-corrected chi connectivity index (χ1v) is 8.49. The van der Waals surface area contributed by atoms with Crippen molar-refractivity contribution in [3.63, 3.8) is 0 Å². The summed E-state index contributed by atoms with van der Waals surface area (Å²) < 4.78 is 9.36. The number of rotatable bonds is 6. The smallest absolute Gasteiger partial charge is 0.329 e. The van der Waals surface area contributed by atoms with Gasteiger partial charge in [-0.1, -0.05) is 23.9 Å². The largest absolute Gasteiger partial charge is 0.468 e. The van der Waals surface area contributed by atoms with Crippen LogP contribution in [0.1, 0.15) is 34.1 Å².